The summed E-state index contributed by atoms with van der Waals surface area (Å²) in [7, 11) is 0. The minimum absolute atomic E-state index is 0.0328. The zero-order valence-corrected chi connectivity index (χ0v) is 11.1. The number of unbranched alkanes of at least 4 members (excludes halogenated alkanes) is 1. The van der Waals surface area contributed by atoms with E-state index in [2.05, 4.69) is 21.9 Å². The summed E-state index contributed by atoms with van der Waals surface area (Å²) in [6.45, 7) is 0. The molecule has 1 aromatic rings. The van der Waals surface area contributed by atoms with Gasteiger partial charge < -0.3 is 5.11 Å². The molecule has 1 N–H and O–H groups in total. The molecule has 0 bridgehead atoms. The number of halogens is 4. The van der Waals surface area contributed by atoms with Crippen LogP contribution in [0.5, 0.6) is 0 Å². The summed E-state index contributed by atoms with van der Waals surface area (Å²) in [4.78, 5) is 0. The summed E-state index contributed by atoms with van der Waals surface area (Å²) in [6, 6.07) is 3.73. The normalized spacial score (nSPS) is 13.1. The third-order valence-electron chi connectivity index (χ3n) is 2.48. The van der Waals surface area contributed by atoms with E-state index < -0.39 is 17.8 Å². The van der Waals surface area contributed by atoms with Gasteiger partial charge in [-0.3, -0.25) is 0 Å². The van der Waals surface area contributed by atoms with E-state index >= 15 is 0 Å². The molecule has 1 atom stereocenters. The maximum absolute atomic E-state index is 12.7. The van der Waals surface area contributed by atoms with Gasteiger partial charge in [0.15, 0.2) is 0 Å². The molecule has 0 aliphatic heterocycles. The molecule has 0 fully saturated rings. The Morgan fingerprint density at radius 3 is 2.61 bits per heavy atom. The van der Waals surface area contributed by atoms with E-state index in [-0.39, 0.29) is 10.0 Å². The highest BCUT2D eigenvalue weighted by molar-refractivity contribution is 9.10. The van der Waals surface area contributed by atoms with E-state index in [4.69, 9.17) is 6.42 Å². The zero-order valence-electron chi connectivity index (χ0n) is 9.47. The number of hydrogen-bond donors (Lipinski definition) is 1. The molecular weight excluding hydrogens is 309 g/mol. The molecule has 0 heterocycles. The Morgan fingerprint density at radius 1 is 1.39 bits per heavy atom. The molecule has 1 unspecified atom stereocenters. The van der Waals surface area contributed by atoms with Gasteiger partial charge >= 0.3 is 6.18 Å². The lowest BCUT2D eigenvalue weighted by molar-refractivity contribution is -0.138. The number of hydrogen-bond acceptors (Lipinski definition) is 1. The summed E-state index contributed by atoms with van der Waals surface area (Å²) >= 11 is 2.85. The predicted octanol–water partition coefficient (Wildman–Crippen LogP) is 4.30. The molecule has 0 radical (unpaired) electrons. The molecule has 0 aromatic heterocycles. The first-order valence-electron chi connectivity index (χ1n) is 5.34. The average molecular weight is 321 g/mol. The summed E-state index contributed by atoms with van der Waals surface area (Å²) in [5, 5.41) is 9.78. The second kappa shape index (κ2) is 6.26. The Balaban J connectivity index is 2.88. The summed E-state index contributed by atoms with van der Waals surface area (Å²) < 4.78 is 37.9. The zero-order chi connectivity index (χ0) is 13.8. The van der Waals surface area contributed by atoms with Crippen LogP contribution in [0.2, 0.25) is 0 Å². The second-order valence-electron chi connectivity index (χ2n) is 3.85. The van der Waals surface area contributed by atoms with Crippen LogP contribution in [0.3, 0.4) is 0 Å². The monoisotopic (exact) mass is 320 g/mol. The van der Waals surface area contributed by atoms with Gasteiger partial charge in [0.2, 0.25) is 0 Å². The number of aliphatic hydroxyl groups excluding tert-OH is 1. The smallest absolute Gasteiger partial charge is 0.388 e. The highest BCUT2D eigenvalue weighted by Crippen LogP contribution is 2.36. The Bertz CT molecular complexity index is 449. The summed E-state index contributed by atoms with van der Waals surface area (Å²) in [5.74, 6) is 2.42. The lowest BCUT2D eigenvalue weighted by Crippen LogP contribution is -2.08. The van der Waals surface area contributed by atoms with E-state index in [0.717, 1.165) is 6.07 Å². The molecule has 1 nitrogen and oxygen atoms in total. The summed E-state index contributed by atoms with van der Waals surface area (Å²) in [6.07, 6.45) is 1.14. The molecule has 0 amide bonds. The fourth-order valence-corrected chi connectivity index (χ4v) is 2.00. The van der Waals surface area contributed by atoms with Gasteiger partial charge in [-0.2, -0.15) is 13.2 Å². The van der Waals surface area contributed by atoms with Crippen molar-refractivity contribution < 1.29 is 18.3 Å². The Kier molecular flexibility index (Phi) is 5.24. The molecule has 5 heteroatoms. The molecule has 0 aliphatic carbocycles. The van der Waals surface area contributed by atoms with Gasteiger partial charge in [0.05, 0.1) is 11.7 Å². The molecular formula is C13H12BrF3O. The van der Waals surface area contributed by atoms with Crippen molar-refractivity contribution in [3.05, 3.63) is 33.8 Å². The van der Waals surface area contributed by atoms with Crippen LogP contribution >= 0.6 is 15.9 Å². The van der Waals surface area contributed by atoms with Crippen molar-refractivity contribution in [2.24, 2.45) is 0 Å². The largest absolute Gasteiger partial charge is 0.417 e. The number of terminal acetylenes is 1. The second-order valence-corrected chi connectivity index (χ2v) is 4.70. The van der Waals surface area contributed by atoms with Crippen LogP contribution in [0.4, 0.5) is 13.2 Å². The SMILES string of the molecule is C#CCCCC(O)c1ccc(Br)c(C(F)(F)F)c1. The lowest BCUT2D eigenvalue weighted by atomic mass is 10.0. The Morgan fingerprint density at radius 2 is 2.06 bits per heavy atom. The van der Waals surface area contributed by atoms with E-state index in [1.54, 1.807) is 0 Å². The quantitative estimate of drug-likeness (QED) is 0.647. The number of rotatable bonds is 4. The van der Waals surface area contributed by atoms with Crippen LogP contribution in [-0.2, 0) is 6.18 Å². The number of aliphatic hydroxyl groups is 1. The van der Waals surface area contributed by atoms with Crippen molar-refractivity contribution in [1.29, 1.82) is 0 Å². The highest BCUT2D eigenvalue weighted by Gasteiger charge is 2.33. The molecule has 0 saturated carbocycles. The molecule has 0 aliphatic rings. The van der Waals surface area contributed by atoms with Crippen LogP contribution < -0.4 is 0 Å². The fourth-order valence-electron chi connectivity index (χ4n) is 1.53. The molecule has 1 aromatic carbocycles. The molecule has 18 heavy (non-hydrogen) atoms. The van der Waals surface area contributed by atoms with E-state index in [9.17, 15) is 18.3 Å². The maximum Gasteiger partial charge on any atom is 0.417 e. The number of alkyl halides is 3. The topological polar surface area (TPSA) is 20.2 Å². The van der Waals surface area contributed by atoms with E-state index in [1.165, 1.54) is 12.1 Å². The molecule has 1 rings (SSSR count). The maximum atomic E-state index is 12.7. The van der Waals surface area contributed by atoms with Gasteiger partial charge in [0, 0.05) is 10.9 Å². The first-order chi connectivity index (χ1) is 8.36. The van der Waals surface area contributed by atoms with Crippen LogP contribution in [0, 0.1) is 12.3 Å². The van der Waals surface area contributed by atoms with Crippen LogP contribution in [0.25, 0.3) is 0 Å². The Labute approximate surface area is 112 Å². The van der Waals surface area contributed by atoms with Gasteiger partial charge in [0.1, 0.15) is 0 Å². The minimum atomic E-state index is -4.44. The molecule has 98 valence electrons. The third-order valence-corrected chi connectivity index (χ3v) is 3.17. The van der Waals surface area contributed by atoms with Crippen LogP contribution in [0.1, 0.15) is 36.5 Å². The predicted molar refractivity (Wildman–Crippen MR) is 66.8 cm³/mol. The van der Waals surface area contributed by atoms with Crippen molar-refractivity contribution in [2.45, 2.75) is 31.5 Å². The van der Waals surface area contributed by atoms with Crippen molar-refractivity contribution in [1.82, 2.24) is 0 Å². The highest BCUT2D eigenvalue weighted by atomic mass is 79.9. The van der Waals surface area contributed by atoms with Crippen molar-refractivity contribution in [3.63, 3.8) is 0 Å². The van der Waals surface area contributed by atoms with Gasteiger partial charge in [-0.15, -0.1) is 12.3 Å². The van der Waals surface area contributed by atoms with Crippen LogP contribution in [0.15, 0.2) is 22.7 Å². The summed E-state index contributed by atoms with van der Waals surface area (Å²) in [5.41, 5.74) is -0.529. The van der Waals surface area contributed by atoms with Gasteiger partial charge in [0.25, 0.3) is 0 Å². The van der Waals surface area contributed by atoms with Crippen LogP contribution in [-0.4, -0.2) is 5.11 Å². The van der Waals surface area contributed by atoms with Gasteiger partial charge in [-0.1, -0.05) is 22.0 Å². The standard InChI is InChI=1S/C13H12BrF3O/c1-2-3-4-5-12(18)9-6-7-11(14)10(8-9)13(15,16)17/h1,6-8,12,18H,3-5H2. The lowest BCUT2D eigenvalue weighted by Gasteiger charge is -2.14. The van der Waals surface area contributed by atoms with E-state index in [0.29, 0.717) is 19.3 Å². The fraction of sp³-hybridized carbons (Fsp3) is 0.385. The van der Waals surface area contributed by atoms with Crippen molar-refractivity contribution in [3.8, 4) is 12.3 Å². The molecule has 0 saturated heterocycles. The average Bonchev–Trinajstić information content (AvgIpc) is 2.28. The third kappa shape index (κ3) is 4.04. The van der Waals surface area contributed by atoms with Crippen molar-refractivity contribution in [2.75, 3.05) is 0 Å². The minimum Gasteiger partial charge on any atom is -0.388 e. The first kappa shape index (κ1) is 15.1. The van der Waals surface area contributed by atoms with Crippen molar-refractivity contribution >= 4 is 15.9 Å². The Hall–Kier alpha value is -0.990. The molecule has 0 spiro atoms. The van der Waals surface area contributed by atoms with E-state index in [1.807, 2.05) is 0 Å². The first-order valence-corrected chi connectivity index (χ1v) is 6.13. The van der Waals surface area contributed by atoms with Gasteiger partial charge in [-0.25, -0.2) is 0 Å². The number of benzene rings is 1. The van der Waals surface area contributed by atoms with Gasteiger partial charge in [-0.05, 0) is 30.5 Å².